The van der Waals surface area contributed by atoms with Gasteiger partial charge in [0.2, 0.25) is 0 Å². The van der Waals surface area contributed by atoms with Crippen LogP contribution in [-0.2, 0) is 9.59 Å². The first kappa shape index (κ1) is 17.2. The van der Waals surface area contributed by atoms with Crippen molar-refractivity contribution < 1.29 is 19.8 Å². The summed E-state index contributed by atoms with van der Waals surface area (Å²) in [7, 11) is 0. The summed E-state index contributed by atoms with van der Waals surface area (Å²) in [5.41, 5.74) is 3.71. The highest BCUT2D eigenvalue weighted by atomic mass is 16.4. The van der Waals surface area contributed by atoms with Crippen LogP contribution in [0.2, 0.25) is 0 Å². The number of benzene rings is 2. The van der Waals surface area contributed by atoms with Gasteiger partial charge >= 0.3 is 11.9 Å². The van der Waals surface area contributed by atoms with Crippen LogP contribution in [0.3, 0.4) is 0 Å². The lowest BCUT2D eigenvalue weighted by Crippen LogP contribution is -1.97. The second kappa shape index (κ2) is 7.42. The van der Waals surface area contributed by atoms with Gasteiger partial charge in [0.05, 0.1) is 0 Å². The molecule has 0 fully saturated rings. The molecule has 0 atom stereocenters. The molecule has 2 N–H and O–H groups in total. The van der Waals surface area contributed by atoms with Gasteiger partial charge in [-0.25, -0.2) is 9.59 Å². The predicted molar refractivity (Wildman–Crippen MR) is 94.5 cm³/mol. The first-order chi connectivity index (χ1) is 11.4. The van der Waals surface area contributed by atoms with E-state index in [1.54, 1.807) is 26.0 Å². The zero-order valence-electron chi connectivity index (χ0n) is 13.5. The van der Waals surface area contributed by atoms with Gasteiger partial charge in [-0.1, -0.05) is 48.5 Å². The molecule has 122 valence electrons. The molecule has 0 aliphatic heterocycles. The number of carboxylic acid groups (broad SMARTS) is 2. The molecule has 4 nitrogen and oxygen atoms in total. The molecule has 0 unspecified atom stereocenters. The van der Waals surface area contributed by atoms with Crippen LogP contribution in [-0.4, -0.2) is 22.2 Å². The van der Waals surface area contributed by atoms with Crippen LogP contribution in [0.25, 0.3) is 23.3 Å². The summed E-state index contributed by atoms with van der Waals surface area (Å²) in [5, 5.41) is 18.2. The Morgan fingerprint density at radius 3 is 1.38 bits per heavy atom. The standard InChI is InChI=1S/C20H18O4/c1-13(19(21)22)11-15-7-3-5-9-17(15)18-10-6-4-8-16(18)12-14(2)20(23)24/h3-12H,1-2H3,(H,21,22)(H,23,24). The van der Waals surface area contributed by atoms with E-state index in [1.807, 2.05) is 48.5 Å². The molecule has 0 aliphatic rings. The average Bonchev–Trinajstić information content (AvgIpc) is 2.55. The predicted octanol–water partition coefficient (Wildman–Crippen LogP) is 4.33. The normalized spacial score (nSPS) is 12.1. The molecule has 2 aromatic rings. The van der Waals surface area contributed by atoms with Crippen molar-refractivity contribution in [3.05, 3.63) is 70.8 Å². The number of rotatable bonds is 5. The van der Waals surface area contributed by atoms with Gasteiger partial charge in [-0.2, -0.15) is 0 Å². The quantitative estimate of drug-likeness (QED) is 0.804. The van der Waals surface area contributed by atoms with E-state index >= 15 is 0 Å². The molecule has 0 aromatic heterocycles. The highest BCUT2D eigenvalue weighted by Crippen LogP contribution is 2.30. The Morgan fingerprint density at radius 1 is 0.708 bits per heavy atom. The van der Waals surface area contributed by atoms with E-state index in [-0.39, 0.29) is 11.1 Å². The summed E-state index contributed by atoms with van der Waals surface area (Å²) in [4.78, 5) is 22.2. The lowest BCUT2D eigenvalue weighted by molar-refractivity contribution is -0.133. The molecule has 0 saturated carbocycles. The number of carboxylic acids is 2. The van der Waals surface area contributed by atoms with Gasteiger partial charge in [0.25, 0.3) is 0 Å². The molecular formula is C20H18O4. The van der Waals surface area contributed by atoms with Gasteiger partial charge in [-0.05, 0) is 48.3 Å². The maximum Gasteiger partial charge on any atom is 0.331 e. The highest BCUT2D eigenvalue weighted by Gasteiger charge is 2.10. The van der Waals surface area contributed by atoms with E-state index in [0.29, 0.717) is 0 Å². The van der Waals surface area contributed by atoms with Crippen LogP contribution in [0.1, 0.15) is 25.0 Å². The Balaban J connectivity index is 2.63. The van der Waals surface area contributed by atoms with Crippen LogP contribution in [0.15, 0.2) is 59.7 Å². The Bertz CT molecular complexity index is 773. The first-order valence-corrected chi connectivity index (χ1v) is 7.41. The van der Waals surface area contributed by atoms with E-state index in [4.69, 9.17) is 10.2 Å². The summed E-state index contributed by atoms with van der Waals surface area (Å²) in [5.74, 6) is -1.94. The Morgan fingerprint density at radius 2 is 1.04 bits per heavy atom. The Hall–Kier alpha value is -3.14. The Labute approximate surface area is 140 Å². The molecule has 0 bridgehead atoms. The topological polar surface area (TPSA) is 74.6 Å². The summed E-state index contributed by atoms with van der Waals surface area (Å²) >= 11 is 0. The lowest BCUT2D eigenvalue weighted by atomic mass is 9.93. The van der Waals surface area contributed by atoms with Crippen molar-refractivity contribution in [1.82, 2.24) is 0 Å². The minimum absolute atomic E-state index is 0.234. The van der Waals surface area contributed by atoms with Crippen molar-refractivity contribution >= 4 is 24.1 Å². The fourth-order valence-electron chi connectivity index (χ4n) is 2.33. The maximum atomic E-state index is 11.1. The summed E-state index contributed by atoms with van der Waals surface area (Å²) in [6.45, 7) is 3.08. The van der Waals surface area contributed by atoms with Gasteiger partial charge in [0.1, 0.15) is 0 Å². The fraction of sp³-hybridized carbons (Fsp3) is 0.100. The monoisotopic (exact) mass is 322 g/mol. The summed E-state index contributed by atoms with van der Waals surface area (Å²) in [6, 6.07) is 14.9. The van der Waals surface area contributed by atoms with Crippen LogP contribution >= 0.6 is 0 Å². The molecule has 0 radical (unpaired) electrons. The molecule has 2 aromatic carbocycles. The van der Waals surface area contributed by atoms with Crippen molar-refractivity contribution in [3.8, 4) is 11.1 Å². The SMILES string of the molecule is CC(=Cc1ccccc1-c1ccccc1C=C(C)C(=O)O)C(=O)O. The van der Waals surface area contributed by atoms with Gasteiger partial charge in [0, 0.05) is 11.1 Å². The molecule has 4 heteroatoms. The van der Waals surface area contributed by atoms with Crippen LogP contribution in [0.4, 0.5) is 0 Å². The van der Waals surface area contributed by atoms with Gasteiger partial charge < -0.3 is 10.2 Å². The van der Waals surface area contributed by atoms with Crippen LogP contribution < -0.4 is 0 Å². The number of aliphatic carboxylic acids is 2. The lowest BCUT2D eigenvalue weighted by Gasteiger charge is -2.11. The molecule has 0 saturated heterocycles. The van der Waals surface area contributed by atoms with Crippen molar-refractivity contribution in [3.63, 3.8) is 0 Å². The number of hydrogen-bond donors (Lipinski definition) is 2. The van der Waals surface area contributed by atoms with Gasteiger partial charge in [-0.15, -0.1) is 0 Å². The third kappa shape index (κ3) is 3.98. The Kier molecular flexibility index (Phi) is 5.32. The second-order valence-corrected chi connectivity index (χ2v) is 5.44. The molecule has 0 amide bonds. The first-order valence-electron chi connectivity index (χ1n) is 7.41. The van der Waals surface area contributed by atoms with Gasteiger partial charge in [0.15, 0.2) is 0 Å². The van der Waals surface area contributed by atoms with Crippen LogP contribution in [0.5, 0.6) is 0 Å². The minimum atomic E-state index is -0.972. The zero-order chi connectivity index (χ0) is 17.7. The largest absolute Gasteiger partial charge is 0.478 e. The van der Waals surface area contributed by atoms with E-state index in [1.165, 1.54) is 0 Å². The minimum Gasteiger partial charge on any atom is -0.478 e. The molecular weight excluding hydrogens is 304 g/mol. The van der Waals surface area contributed by atoms with E-state index in [2.05, 4.69) is 0 Å². The zero-order valence-corrected chi connectivity index (χ0v) is 13.5. The van der Waals surface area contributed by atoms with E-state index in [0.717, 1.165) is 22.3 Å². The van der Waals surface area contributed by atoms with Gasteiger partial charge in [-0.3, -0.25) is 0 Å². The summed E-state index contributed by atoms with van der Waals surface area (Å²) < 4.78 is 0. The molecule has 24 heavy (non-hydrogen) atoms. The third-order valence-corrected chi connectivity index (χ3v) is 3.63. The van der Waals surface area contributed by atoms with E-state index < -0.39 is 11.9 Å². The molecule has 2 rings (SSSR count). The number of carbonyl (C=O) groups is 2. The molecule has 0 heterocycles. The van der Waals surface area contributed by atoms with Crippen molar-refractivity contribution in [2.45, 2.75) is 13.8 Å². The number of hydrogen-bond acceptors (Lipinski definition) is 2. The third-order valence-electron chi connectivity index (χ3n) is 3.63. The fourth-order valence-corrected chi connectivity index (χ4v) is 2.33. The molecule has 0 aliphatic carbocycles. The van der Waals surface area contributed by atoms with Crippen molar-refractivity contribution in [1.29, 1.82) is 0 Å². The second-order valence-electron chi connectivity index (χ2n) is 5.44. The van der Waals surface area contributed by atoms with Crippen molar-refractivity contribution in [2.75, 3.05) is 0 Å². The van der Waals surface area contributed by atoms with Crippen molar-refractivity contribution in [2.24, 2.45) is 0 Å². The molecule has 0 spiro atoms. The van der Waals surface area contributed by atoms with Crippen LogP contribution in [0, 0.1) is 0 Å². The van der Waals surface area contributed by atoms with E-state index in [9.17, 15) is 9.59 Å². The maximum absolute atomic E-state index is 11.1. The summed E-state index contributed by atoms with van der Waals surface area (Å²) in [6.07, 6.45) is 3.23. The highest BCUT2D eigenvalue weighted by molar-refractivity contribution is 5.95. The smallest absolute Gasteiger partial charge is 0.331 e. The average molecular weight is 322 g/mol.